The lowest BCUT2D eigenvalue weighted by Gasteiger charge is -2.46. The van der Waals surface area contributed by atoms with Gasteiger partial charge in [0.15, 0.2) is 0 Å². The zero-order valence-corrected chi connectivity index (χ0v) is 13.8. The first kappa shape index (κ1) is 14.0. The first-order valence-electron chi connectivity index (χ1n) is 7.77. The highest BCUT2D eigenvalue weighted by molar-refractivity contribution is 7.10. The summed E-state index contributed by atoms with van der Waals surface area (Å²) < 4.78 is 5.47. The van der Waals surface area contributed by atoms with Crippen LogP contribution in [0.25, 0.3) is 0 Å². The largest absolute Gasteiger partial charge is 0.466 e. The first-order chi connectivity index (χ1) is 10.6. The number of amides is 1. The smallest absolute Gasteiger partial charge is 0.257 e. The van der Waals surface area contributed by atoms with Crippen molar-refractivity contribution in [2.24, 2.45) is 0 Å². The third-order valence-corrected chi connectivity index (χ3v) is 5.80. The summed E-state index contributed by atoms with van der Waals surface area (Å²) in [6, 6.07) is 4.60. The number of hydrogen-bond acceptors (Lipinski definition) is 4. The lowest BCUT2D eigenvalue weighted by Crippen LogP contribution is -2.61. The molecule has 0 radical (unpaired) electrons. The number of carbonyl (C=O) groups excluding carboxylic acids is 1. The van der Waals surface area contributed by atoms with Crippen LogP contribution >= 0.6 is 11.3 Å². The molecule has 0 aliphatic carbocycles. The number of thiophene rings is 1. The minimum absolute atomic E-state index is 0.110. The number of hydrogen-bond donors (Lipinski definition) is 0. The monoisotopic (exact) mass is 316 g/mol. The number of aryl methyl sites for hydroxylation is 2. The van der Waals surface area contributed by atoms with E-state index in [9.17, 15) is 4.79 Å². The fourth-order valence-electron chi connectivity index (χ4n) is 3.45. The molecule has 2 aromatic rings. The van der Waals surface area contributed by atoms with Gasteiger partial charge in [0.05, 0.1) is 5.56 Å². The molecule has 2 aliphatic rings. The van der Waals surface area contributed by atoms with E-state index in [1.165, 1.54) is 10.4 Å². The third-order valence-electron chi connectivity index (χ3n) is 4.77. The van der Waals surface area contributed by atoms with Gasteiger partial charge in [-0.2, -0.15) is 0 Å². The molecule has 0 atom stereocenters. The first-order valence-corrected chi connectivity index (χ1v) is 8.65. The Bertz CT molecular complexity index is 712. The number of fused-ring (bicyclic) bond motifs is 1. The van der Waals surface area contributed by atoms with Gasteiger partial charge in [-0.1, -0.05) is 0 Å². The highest BCUT2D eigenvalue weighted by atomic mass is 32.1. The molecule has 4 heterocycles. The molecule has 116 valence electrons. The van der Waals surface area contributed by atoms with Crippen molar-refractivity contribution < 1.29 is 9.21 Å². The fraction of sp³-hybridized carbons (Fsp3) is 0.471. The van der Waals surface area contributed by atoms with Crippen LogP contribution in [0.3, 0.4) is 0 Å². The van der Waals surface area contributed by atoms with Crippen molar-refractivity contribution in [3.63, 3.8) is 0 Å². The second-order valence-electron chi connectivity index (χ2n) is 6.28. The molecule has 5 heteroatoms. The topological polar surface area (TPSA) is 36.7 Å². The number of furan rings is 1. The van der Waals surface area contributed by atoms with Crippen molar-refractivity contribution in [3.05, 3.63) is 45.0 Å². The van der Waals surface area contributed by atoms with Crippen LogP contribution in [0.15, 0.2) is 21.9 Å². The van der Waals surface area contributed by atoms with Crippen LogP contribution in [0.5, 0.6) is 0 Å². The van der Waals surface area contributed by atoms with Crippen molar-refractivity contribution >= 4 is 17.2 Å². The Morgan fingerprint density at radius 3 is 2.91 bits per heavy atom. The molecule has 0 N–H and O–H groups in total. The van der Waals surface area contributed by atoms with Crippen LogP contribution in [0.2, 0.25) is 0 Å². The number of nitrogens with zero attached hydrogens (tertiary/aromatic N) is 2. The van der Waals surface area contributed by atoms with Crippen LogP contribution < -0.4 is 0 Å². The maximum atomic E-state index is 12.5. The average Bonchev–Trinajstić information content (AvgIpc) is 3.02. The van der Waals surface area contributed by atoms with E-state index in [0.29, 0.717) is 6.04 Å². The highest BCUT2D eigenvalue weighted by Gasteiger charge is 2.37. The molecule has 0 bridgehead atoms. The van der Waals surface area contributed by atoms with E-state index in [1.807, 2.05) is 36.2 Å². The number of carbonyl (C=O) groups is 1. The Hall–Kier alpha value is -1.59. The maximum Gasteiger partial charge on any atom is 0.257 e. The van der Waals surface area contributed by atoms with Gasteiger partial charge >= 0.3 is 0 Å². The van der Waals surface area contributed by atoms with Gasteiger partial charge in [-0.15, -0.1) is 11.3 Å². The van der Waals surface area contributed by atoms with Gasteiger partial charge in [0.25, 0.3) is 5.91 Å². The zero-order valence-electron chi connectivity index (χ0n) is 13.0. The van der Waals surface area contributed by atoms with Crippen molar-refractivity contribution in [1.29, 1.82) is 0 Å². The van der Waals surface area contributed by atoms with Crippen molar-refractivity contribution in [3.8, 4) is 0 Å². The van der Waals surface area contributed by atoms with E-state index in [2.05, 4.69) is 16.3 Å². The van der Waals surface area contributed by atoms with Crippen molar-refractivity contribution in [2.45, 2.75) is 32.9 Å². The minimum atomic E-state index is 0.110. The molecule has 4 rings (SSSR count). The van der Waals surface area contributed by atoms with E-state index >= 15 is 0 Å². The summed E-state index contributed by atoms with van der Waals surface area (Å²) in [6.45, 7) is 7.57. The van der Waals surface area contributed by atoms with Gasteiger partial charge in [-0.25, -0.2) is 0 Å². The Labute approximate surface area is 134 Å². The normalized spacial score (nSPS) is 19.1. The molecule has 2 aromatic heterocycles. The summed E-state index contributed by atoms with van der Waals surface area (Å²) >= 11 is 1.87. The van der Waals surface area contributed by atoms with E-state index in [4.69, 9.17) is 4.42 Å². The Kier molecular flexibility index (Phi) is 3.35. The maximum absolute atomic E-state index is 12.5. The van der Waals surface area contributed by atoms with Crippen LogP contribution in [-0.2, 0) is 13.0 Å². The molecular weight excluding hydrogens is 296 g/mol. The average molecular weight is 316 g/mol. The van der Waals surface area contributed by atoms with Gasteiger partial charge < -0.3 is 9.32 Å². The lowest BCUT2D eigenvalue weighted by atomic mass is 10.0. The van der Waals surface area contributed by atoms with E-state index in [1.54, 1.807) is 0 Å². The predicted octanol–water partition coefficient (Wildman–Crippen LogP) is 2.84. The molecule has 1 amide bonds. The molecule has 0 saturated carbocycles. The van der Waals surface area contributed by atoms with Gasteiger partial charge in [-0.05, 0) is 43.3 Å². The van der Waals surface area contributed by atoms with Crippen molar-refractivity contribution in [2.75, 3.05) is 19.6 Å². The molecule has 22 heavy (non-hydrogen) atoms. The third kappa shape index (κ3) is 2.29. The second-order valence-corrected chi connectivity index (χ2v) is 7.28. The molecule has 0 unspecified atom stereocenters. The lowest BCUT2D eigenvalue weighted by molar-refractivity contribution is 0.0219. The molecule has 1 fully saturated rings. The van der Waals surface area contributed by atoms with Gasteiger partial charge in [0.2, 0.25) is 0 Å². The van der Waals surface area contributed by atoms with Gasteiger partial charge in [-0.3, -0.25) is 9.69 Å². The second kappa shape index (κ2) is 5.25. The number of likely N-dealkylation sites (tertiary alicyclic amines) is 1. The summed E-state index contributed by atoms with van der Waals surface area (Å²) in [5.74, 6) is 1.64. The Balaban J connectivity index is 1.38. The Morgan fingerprint density at radius 2 is 2.18 bits per heavy atom. The van der Waals surface area contributed by atoms with E-state index in [-0.39, 0.29) is 5.91 Å². The zero-order chi connectivity index (χ0) is 15.3. The number of rotatable bonds is 2. The van der Waals surface area contributed by atoms with E-state index in [0.717, 1.165) is 49.7 Å². The van der Waals surface area contributed by atoms with Gasteiger partial charge in [0.1, 0.15) is 11.5 Å². The summed E-state index contributed by atoms with van der Waals surface area (Å²) in [5, 5.41) is 2.19. The van der Waals surface area contributed by atoms with Crippen LogP contribution in [-0.4, -0.2) is 41.4 Å². The van der Waals surface area contributed by atoms with Crippen molar-refractivity contribution in [1.82, 2.24) is 9.80 Å². The van der Waals surface area contributed by atoms with Crippen LogP contribution in [0, 0.1) is 13.8 Å². The molecular formula is C17H20N2O2S. The molecule has 0 aromatic carbocycles. The molecule has 1 saturated heterocycles. The van der Waals surface area contributed by atoms with Crippen LogP contribution in [0.4, 0.5) is 0 Å². The standard InChI is InChI=1S/C17H20N2O2S/c1-11-7-15(12(2)21-11)17(20)19-9-14(10-19)18-5-3-16-13(8-18)4-6-22-16/h4,6-7,14H,3,5,8-10H2,1-2H3. The minimum Gasteiger partial charge on any atom is -0.466 e. The SMILES string of the molecule is Cc1cc(C(=O)N2CC(N3CCc4sccc4C3)C2)c(C)o1. The summed E-state index contributed by atoms with van der Waals surface area (Å²) in [4.78, 5) is 18.5. The Morgan fingerprint density at radius 1 is 1.36 bits per heavy atom. The fourth-order valence-corrected chi connectivity index (χ4v) is 4.34. The van der Waals surface area contributed by atoms with E-state index < -0.39 is 0 Å². The molecule has 4 nitrogen and oxygen atoms in total. The summed E-state index contributed by atoms with van der Waals surface area (Å²) in [5.41, 5.74) is 2.19. The summed E-state index contributed by atoms with van der Waals surface area (Å²) in [6.07, 6.45) is 1.15. The highest BCUT2D eigenvalue weighted by Crippen LogP contribution is 2.28. The molecule has 2 aliphatic heterocycles. The quantitative estimate of drug-likeness (QED) is 0.855. The summed E-state index contributed by atoms with van der Waals surface area (Å²) in [7, 11) is 0. The van der Waals surface area contributed by atoms with Gasteiger partial charge in [0, 0.05) is 37.1 Å². The predicted molar refractivity (Wildman–Crippen MR) is 86.3 cm³/mol. The van der Waals surface area contributed by atoms with Crippen LogP contribution in [0.1, 0.15) is 32.3 Å². The molecule has 0 spiro atoms.